The first kappa shape index (κ1) is 37.4. The summed E-state index contributed by atoms with van der Waals surface area (Å²) < 4.78 is 16.7. The minimum Gasteiger partial charge on any atom is -0.456 e. The summed E-state index contributed by atoms with van der Waals surface area (Å²) in [5, 5.41) is 7.17. The molecule has 3 aromatic heterocycles. The van der Waals surface area contributed by atoms with Crippen LogP contribution in [0.4, 0.5) is 11.4 Å². The van der Waals surface area contributed by atoms with Crippen molar-refractivity contribution < 1.29 is 8.83 Å². The van der Waals surface area contributed by atoms with Crippen molar-refractivity contribution in [3.63, 3.8) is 0 Å². The molecule has 0 radical (unpaired) electrons. The Morgan fingerprint density at radius 1 is 0.556 bits per heavy atom. The summed E-state index contributed by atoms with van der Waals surface area (Å²) in [5.41, 5.74) is 20.4. The van der Waals surface area contributed by atoms with Crippen LogP contribution in [-0.4, -0.2) is 11.4 Å². The van der Waals surface area contributed by atoms with E-state index >= 15 is 0 Å². The molecule has 310 valence electrons. The summed E-state index contributed by atoms with van der Waals surface area (Å²) >= 11 is 0. The van der Waals surface area contributed by atoms with Gasteiger partial charge >= 0.3 is 6.85 Å². The van der Waals surface area contributed by atoms with Crippen molar-refractivity contribution in [3.05, 3.63) is 138 Å². The van der Waals surface area contributed by atoms with Gasteiger partial charge in [-0.1, -0.05) is 130 Å². The first-order valence-corrected chi connectivity index (χ1v) is 23.0. The lowest BCUT2D eigenvalue weighted by atomic mass is 9.43. The third kappa shape index (κ3) is 4.89. The number of hydrogen-bond acceptors (Lipinski definition) is 3. The highest BCUT2D eigenvalue weighted by Gasteiger charge is 2.48. The molecule has 2 aliphatic heterocycles. The van der Waals surface area contributed by atoms with Gasteiger partial charge in [-0.05, 0) is 116 Å². The fourth-order valence-corrected chi connectivity index (χ4v) is 11.9. The smallest absolute Gasteiger partial charge is 0.333 e. The molecule has 5 heteroatoms. The molecular weight excluding hydrogens is 767 g/mol. The first-order valence-electron chi connectivity index (χ1n) is 23.0. The number of anilines is 2. The molecule has 63 heavy (non-hydrogen) atoms. The van der Waals surface area contributed by atoms with Crippen LogP contribution >= 0.6 is 0 Å². The van der Waals surface area contributed by atoms with E-state index in [1.54, 1.807) is 0 Å². The Morgan fingerprint density at radius 2 is 1.19 bits per heavy atom. The lowest BCUT2D eigenvalue weighted by molar-refractivity contribution is 0.332. The molecule has 0 amide bonds. The third-order valence-corrected chi connectivity index (χ3v) is 15.5. The minimum absolute atomic E-state index is 0.0169. The largest absolute Gasteiger partial charge is 0.456 e. The van der Waals surface area contributed by atoms with Gasteiger partial charge in [-0.2, -0.15) is 0 Å². The summed E-state index contributed by atoms with van der Waals surface area (Å²) in [6.45, 7) is 23.5. The van der Waals surface area contributed by atoms with E-state index < -0.39 is 0 Å². The Bertz CT molecular complexity index is 3650. The number of hydrogen-bond donors (Lipinski definition) is 0. The quantitative estimate of drug-likeness (QED) is 0.155. The Balaban J connectivity index is 1.29. The lowest BCUT2D eigenvalue weighted by Crippen LogP contribution is -2.60. The zero-order valence-corrected chi connectivity index (χ0v) is 38.2. The summed E-state index contributed by atoms with van der Waals surface area (Å²) in [6.07, 6.45) is 2.29. The molecule has 0 saturated heterocycles. The maximum absolute atomic E-state index is 7.34. The van der Waals surface area contributed by atoms with Crippen molar-refractivity contribution in [3.8, 4) is 16.8 Å². The fraction of sp³-hybridized carbons (Fsp3) is 0.276. The number of aromatic nitrogens is 1. The Morgan fingerprint density at radius 3 is 1.89 bits per heavy atom. The Labute approximate surface area is 369 Å². The maximum atomic E-state index is 7.34. The number of para-hydroxylation sites is 2. The third-order valence-electron chi connectivity index (χ3n) is 15.5. The van der Waals surface area contributed by atoms with E-state index in [-0.39, 0.29) is 28.5 Å². The van der Waals surface area contributed by atoms with Crippen LogP contribution < -0.4 is 15.7 Å². The van der Waals surface area contributed by atoms with Crippen molar-refractivity contribution >= 4 is 94.8 Å². The van der Waals surface area contributed by atoms with E-state index in [2.05, 4.69) is 194 Å². The second-order valence-electron chi connectivity index (χ2n) is 22.4. The van der Waals surface area contributed by atoms with Gasteiger partial charge in [0.1, 0.15) is 22.3 Å². The van der Waals surface area contributed by atoms with E-state index in [9.17, 15) is 0 Å². The normalized spacial score (nSPS) is 16.5. The van der Waals surface area contributed by atoms with Gasteiger partial charge in [-0.3, -0.25) is 0 Å². The Hall–Kier alpha value is -6.20. The van der Waals surface area contributed by atoms with Gasteiger partial charge in [0.25, 0.3) is 0 Å². The van der Waals surface area contributed by atoms with Crippen molar-refractivity contribution in [2.24, 2.45) is 0 Å². The predicted molar refractivity (Wildman–Crippen MR) is 267 cm³/mol. The molecule has 4 nitrogen and oxygen atoms in total. The summed E-state index contributed by atoms with van der Waals surface area (Å²) in [4.78, 5) is 2.70. The van der Waals surface area contributed by atoms with Gasteiger partial charge in [-0.25, -0.2) is 0 Å². The van der Waals surface area contributed by atoms with Crippen LogP contribution in [-0.2, 0) is 21.7 Å². The summed E-state index contributed by atoms with van der Waals surface area (Å²) in [5.74, 6) is 0. The predicted octanol–water partition coefficient (Wildman–Crippen LogP) is 14.8. The average molecular weight is 821 g/mol. The number of fused-ring (bicyclic) bond motifs is 17. The lowest BCUT2D eigenvalue weighted by Gasteiger charge is -2.46. The van der Waals surface area contributed by atoms with Crippen LogP contribution in [0, 0.1) is 0 Å². The van der Waals surface area contributed by atoms with Crippen LogP contribution in [0.2, 0.25) is 0 Å². The average Bonchev–Trinajstić information content (AvgIpc) is 3.92. The van der Waals surface area contributed by atoms with Crippen LogP contribution in [0.15, 0.2) is 124 Å². The van der Waals surface area contributed by atoms with Crippen molar-refractivity contribution in [1.29, 1.82) is 0 Å². The first-order chi connectivity index (χ1) is 30.0. The molecule has 1 aliphatic carbocycles. The van der Waals surface area contributed by atoms with Gasteiger partial charge in [0.05, 0.1) is 11.0 Å². The van der Waals surface area contributed by atoms with Gasteiger partial charge in [0.15, 0.2) is 0 Å². The number of benzene rings is 7. The molecule has 0 fully saturated rings. The van der Waals surface area contributed by atoms with Crippen molar-refractivity contribution in [2.75, 3.05) is 4.81 Å². The highest BCUT2D eigenvalue weighted by atomic mass is 16.3. The standard InChI is InChI=1S/C58H53BN2O2/c1-55(2,3)32-19-22-34(23-20-32)61-44-30-41-40(57(7,8)25-26-58(41,9)10)28-39(44)51-52-53-49(50-36-16-12-14-18-47(36)63-54(50)51)38-27-33(56(4,5)6)21-24-43(38)60(53)45-31-48-37(29-42(45)59(52)61)35-15-11-13-17-46(35)62-48/h11-24,27-31H,25-26H2,1-10H3. The van der Waals surface area contributed by atoms with Gasteiger partial charge in [-0.15, -0.1) is 0 Å². The molecule has 3 aliphatic rings. The van der Waals surface area contributed by atoms with Crippen LogP contribution in [0.25, 0.3) is 82.5 Å². The van der Waals surface area contributed by atoms with Crippen LogP contribution in [0.1, 0.15) is 104 Å². The zero-order valence-electron chi connectivity index (χ0n) is 38.2. The molecule has 0 spiro atoms. The summed E-state index contributed by atoms with van der Waals surface area (Å²) in [6, 6.07) is 43.9. The molecule has 0 N–H and O–H groups in total. The SMILES string of the molecule is CC(C)(C)c1ccc(N2B3c4cc5c(cc4-n4c6ccc(C(C)(C)C)cc6c6c7c(oc8ccccc87)c(c3c64)-c3cc4c(cc32)C(C)(C)CCC4(C)C)oc2ccccc25)cc1. The zero-order chi connectivity index (χ0) is 43.3. The number of nitrogens with zero attached hydrogens (tertiary/aromatic N) is 2. The topological polar surface area (TPSA) is 34.5 Å². The molecular formula is C58H53BN2O2. The second-order valence-corrected chi connectivity index (χ2v) is 22.4. The van der Waals surface area contributed by atoms with E-state index in [0.29, 0.717) is 0 Å². The molecule has 0 bridgehead atoms. The minimum atomic E-state index is -0.169. The van der Waals surface area contributed by atoms with Crippen molar-refractivity contribution in [2.45, 2.75) is 104 Å². The highest BCUT2D eigenvalue weighted by molar-refractivity contribution is 6.94. The monoisotopic (exact) mass is 820 g/mol. The van der Waals surface area contributed by atoms with Gasteiger partial charge in [0.2, 0.25) is 0 Å². The molecule has 13 rings (SSSR count). The Kier molecular flexibility index (Phi) is 7.04. The van der Waals surface area contributed by atoms with E-state index in [0.717, 1.165) is 51.3 Å². The van der Waals surface area contributed by atoms with Crippen molar-refractivity contribution in [1.82, 2.24) is 4.57 Å². The van der Waals surface area contributed by atoms with Crippen LogP contribution in [0.5, 0.6) is 0 Å². The second kappa shape index (κ2) is 11.9. The van der Waals surface area contributed by atoms with E-state index in [4.69, 9.17) is 8.83 Å². The fourth-order valence-electron chi connectivity index (χ4n) is 11.9. The molecule has 0 unspecified atom stereocenters. The molecule has 0 saturated carbocycles. The highest BCUT2D eigenvalue weighted by Crippen LogP contribution is 2.55. The van der Waals surface area contributed by atoms with E-state index in [1.807, 2.05) is 0 Å². The molecule has 0 atom stereocenters. The number of rotatable bonds is 1. The van der Waals surface area contributed by atoms with Gasteiger partial charge < -0.3 is 18.2 Å². The van der Waals surface area contributed by atoms with Crippen LogP contribution in [0.3, 0.4) is 0 Å². The maximum Gasteiger partial charge on any atom is 0.333 e. The van der Waals surface area contributed by atoms with Gasteiger partial charge in [0, 0.05) is 66.6 Å². The molecule has 7 aromatic carbocycles. The molecule has 10 aromatic rings. The van der Waals surface area contributed by atoms with E-state index in [1.165, 1.54) is 88.6 Å². The molecule has 5 heterocycles. The summed E-state index contributed by atoms with van der Waals surface area (Å²) in [7, 11) is 0. The number of furan rings is 2.